The molecule has 0 saturated carbocycles. The molecule has 0 bridgehead atoms. The van der Waals surface area contributed by atoms with Crippen molar-refractivity contribution in [2.24, 2.45) is 5.92 Å². The Bertz CT molecular complexity index is 1980. The van der Waals surface area contributed by atoms with Gasteiger partial charge < -0.3 is 29.7 Å². The monoisotopic (exact) mass is 616 g/mol. The van der Waals surface area contributed by atoms with Gasteiger partial charge in [-0.1, -0.05) is 44.2 Å². The number of H-pyrrole nitrogens is 2. The Morgan fingerprint density at radius 3 is 2.41 bits per heavy atom. The summed E-state index contributed by atoms with van der Waals surface area (Å²) in [5, 5.41) is 2.72. The van der Waals surface area contributed by atoms with Crippen LogP contribution >= 0.6 is 0 Å². The van der Waals surface area contributed by atoms with Gasteiger partial charge in [0.1, 0.15) is 11.9 Å². The average Bonchev–Trinajstić information content (AvgIpc) is 3.85. The summed E-state index contributed by atoms with van der Waals surface area (Å²) in [6, 6.07) is 18.9. The summed E-state index contributed by atoms with van der Waals surface area (Å²) >= 11 is 0. The number of carbonyl (C=O) groups is 2. The Morgan fingerprint density at radius 1 is 1.02 bits per heavy atom. The molecule has 2 amide bonds. The Balaban J connectivity index is 1.09. The first kappa shape index (κ1) is 28.5. The van der Waals surface area contributed by atoms with Crippen molar-refractivity contribution in [2.45, 2.75) is 44.2 Å². The molecule has 46 heavy (non-hydrogen) atoms. The SMILES string of the molecule is COC(=O)NC(C(=O)N1CCCC1c1nc2ccc(-c3ccc4c(c3)C3(COC3)c3cc(-c5cnc[nH]5)ccc3-4)cc2[nH]1)C(C)C. The number of likely N-dealkylation sites (tertiary alicyclic amines) is 1. The fourth-order valence-corrected chi connectivity index (χ4v) is 7.43. The van der Waals surface area contributed by atoms with Crippen molar-refractivity contribution < 1.29 is 19.1 Å². The second-order valence-corrected chi connectivity index (χ2v) is 13.0. The highest BCUT2D eigenvalue weighted by Crippen LogP contribution is 2.54. The van der Waals surface area contributed by atoms with Crippen molar-refractivity contribution in [1.82, 2.24) is 30.2 Å². The first-order valence-electron chi connectivity index (χ1n) is 15.9. The van der Waals surface area contributed by atoms with Crippen LogP contribution in [-0.4, -0.2) is 69.7 Å². The third-order valence-electron chi connectivity index (χ3n) is 9.94. The molecule has 2 aromatic heterocycles. The van der Waals surface area contributed by atoms with Crippen molar-refractivity contribution in [2.75, 3.05) is 26.9 Å². The number of imidazole rings is 2. The lowest BCUT2D eigenvalue weighted by Crippen LogP contribution is -2.51. The van der Waals surface area contributed by atoms with Crippen LogP contribution < -0.4 is 5.32 Å². The number of nitrogens with one attached hydrogen (secondary N) is 3. The van der Waals surface area contributed by atoms with Gasteiger partial charge in [0, 0.05) is 6.54 Å². The van der Waals surface area contributed by atoms with Crippen LogP contribution in [0.15, 0.2) is 67.1 Å². The number of methoxy groups -OCH3 is 1. The Morgan fingerprint density at radius 2 is 1.74 bits per heavy atom. The van der Waals surface area contributed by atoms with Gasteiger partial charge in [-0.2, -0.15) is 0 Å². The molecule has 4 heterocycles. The van der Waals surface area contributed by atoms with Crippen LogP contribution in [0.3, 0.4) is 0 Å². The quantitative estimate of drug-likeness (QED) is 0.216. The topological polar surface area (TPSA) is 125 Å². The van der Waals surface area contributed by atoms with Gasteiger partial charge in [-0.15, -0.1) is 0 Å². The van der Waals surface area contributed by atoms with Crippen LogP contribution in [0, 0.1) is 5.92 Å². The van der Waals surface area contributed by atoms with Crippen molar-refractivity contribution in [3.05, 3.63) is 84.1 Å². The summed E-state index contributed by atoms with van der Waals surface area (Å²) in [6.45, 7) is 5.78. The molecule has 234 valence electrons. The van der Waals surface area contributed by atoms with E-state index in [0.29, 0.717) is 19.8 Å². The molecule has 1 spiro atoms. The predicted octanol–water partition coefficient (Wildman–Crippen LogP) is 5.96. The number of ether oxygens (including phenoxy) is 2. The van der Waals surface area contributed by atoms with Crippen LogP contribution in [0.4, 0.5) is 4.79 Å². The standard InChI is InChI=1S/C36H36N6O4/c1-20(2)32(41-35(44)45-3)34(43)42-12-4-5-31(42)33-39-28-11-8-22(15-29(28)40-33)21-6-9-24-25-10-7-23(30-16-37-19-38-30)14-27(25)36(17-46-18-36)26(24)13-21/h6-11,13-16,19-20,31-32H,4-5,12,17-18H2,1-3H3,(H,37,38)(H,39,40)(H,41,44). The molecule has 10 heteroatoms. The summed E-state index contributed by atoms with van der Waals surface area (Å²) in [4.78, 5) is 43.3. The molecule has 2 saturated heterocycles. The minimum Gasteiger partial charge on any atom is -0.453 e. The second kappa shape index (κ2) is 10.8. The lowest BCUT2D eigenvalue weighted by molar-refractivity contribution is -0.135. The summed E-state index contributed by atoms with van der Waals surface area (Å²) in [5.41, 5.74) is 11.1. The summed E-state index contributed by atoms with van der Waals surface area (Å²) in [6.07, 6.45) is 4.63. The highest BCUT2D eigenvalue weighted by molar-refractivity contribution is 5.89. The average molecular weight is 617 g/mol. The van der Waals surface area contributed by atoms with Gasteiger partial charge in [0.05, 0.1) is 61.0 Å². The highest BCUT2D eigenvalue weighted by atomic mass is 16.5. The Labute approximate surface area is 266 Å². The first-order chi connectivity index (χ1) is 22.4. The van der Waals surface area contributed by atoms with Crippen molar-refractivity contribution in [3.8, 4) is 33.5 Å². The van der Waals surface area contributed by atoms with E-state index in [1.54, 1.807) is 6.33 Å². The van der Waals surface area contributed by atoms with Crippen molar-refractivity contribution in [1.29, 1.82) is 0 Å². The highest BCUT2D eigenvalue weighted by Gasteiger charge is 2.49. The third kappa shape index (κ3) is 4.42. The number of carbonyl (C=O) groups excluding carboxylic acids is 2. The second-order valence-electron chi connectivity index (χ2n) is 13.0. The van der Waals surface area contributed by atoms with Crippen molar-refractivity contribution >= 4 is 23.0 Å². The molecular formula is C36H36N6O4. The number of fused-ring (bicyclic) bond motifs is 6. The maximum atomic E-state index is 13.6. The summed E-state index contributed by atoms with van der Waals surface area (Å²) in [5.74, 6) is 0.561. The van der Waals surface area contributed by atoms with Crippen LogP contribution in [0.25, 0.3) is 44.5 Å². The number of rotatable bonds is 6. The van der Waals surface area contributed by atoms with E-state index in [1.165, 1.54) is 29.4 Å². The van der Waals surface area contributed by atoms with Crippen LogP contribution in [0.1, 0.15) is 49.7 Å². The third-order valence-corrected chi connectivity index (χ3v) is 9.94. The van der Waals surface area contributed by atoms with Gasteiger partial charge in [-0.25, -0.2) is 14.8 Å². The number of alkyl carbamates (subject to hydrolysis) is 1. The van der Waals surface area contributed by atoms with Gasteiger partial charge in [-0.3, -0.25) is 4.79 Å². The van der Waals surface area contributed by atoms with Crippen LogP contribution in [0.5, 0.6) is 0 Å². The van der Waals surface area contributed by atoms with Crippen LogP contribution in [0.2, 0.25) is 0 Å². The first-order valence-corrected chi connectivity index (χ1v) is 15.9. The number of amides is 2. The van der Waals surface area contributed by atoms with Gasteiger partial charge in [0.15, 0.2) is 0 Å². The number of hydrogen-bond donors (Lipinski definition) is 3. The molecule has 1 aliphatic carbocycles. The minimum atomic E-state index is -0.670. The molecule has 2 aliphatic heterocycles. The number of benzene rings is 3. The maximum Gasteiger partial charge on any atom is 0.407 e. The summed E-state index contributed by atoms with van der Waals surface area (Å²) < 4.78 is 10.6. The van der Waals surface area contributed by atoms with E-state index < -0.39 is 12.1 Å². The molecule has 0 radical (unpaired) electrons. The fraction of sp³-hybridized carbons (Fsp3) is 0.333. The molecule has 5 aromatic rings. The molecule has 3 aliphatic rings. The van der Waals surface area contributed by atoms with E-state index in [0.717, 1.165) is 52.1 Å². The predicted molar refractivity (Wildman–Crippen MR) is 174 cm³/mol. The minimum absolute atomic E-state index is 0.0878. The lowest BCUT2D eigenvalue weighted by Gasteiger charge is -2.40. The van der Waals surface area contributed by atoms with Crippen LogP contribution in [-0.2, 0) is 19.7 Å². The number of hydrogen-bond acceptors (Lipinski definition) is 6. The molecule has 3 N–H and O–H groups in total. The van der Waals surface area contributed by atoms with E-state index in [2.05, 4.69) is 68.8 Å². The smallest absolute Gasteiger partial charge is 0.407 e. The lowest BCUT2D eigenvalue weighted by atomic mass is 9.75. The van der Waals surface area contributed by atoms with E-state index in [4.69, 9.17) is 14.5 Å². The zero-order chi connectivity index (χ0) is 31.6. The Kier molecular flexibility index (Phi) is 6.72. The largest absolute Gasteiger partial charge is 0.453 e. The van der Waals surface area contributed by atoms with E-state index in [9.17, 15) is 9.59 Å². The van der Waals surface area contributed by atoms with E-state index in [-0.39, 0.29) is 23.3 Å². The van der Waals surface area contributed by atoms with Gasteiger partial charge in [0.2, 0.25) is 5.91 Å². The molecule has 10 nitrogen and oxygen atoms in total. The molecule has 8 rings (SSSR count). The summed E-state index contributed by atoms with van der Waals surface area (Å²) in [7, 11) is 1.30. The molecule has 2 fully saturated rings. The van der Waals surface area contributed by atoms with Gasteiger partial charge >= 0.3 is 6.09 Å². The Hall–Kier alpha value is -4.96. The van der Waals surface area contributed by atoms with Crippen molar-refractivity contribution in [3.63, 3.8) is 0 Å². The molecule has 2 atom stereocenters. The number of nitrogens with zero attached hydrogens (tertiary/aromatic N) is 3. The normalized spacial score (nSPS) is 18.4. The number of aromatic nitrogens is 4. The van der Waals surface area contributed by atoms with E-state index in [1.807, 2.05) is 31.0 Å². The van der Waals surface area contributed by atoms with Gasteiger partial charge in [-0.05, 0) is 82.0 Å². The molecule has 2 unspecified atom stereocenters. The molecule has 3 aromatic carbocycles. The zero-order valence-corrected chi connectivity index (χ0v) is 26.1. The fourth-order valence-electron chi connectivity index (χ4n) is 7.43. The molecular weight excluding hydrogens is 580 g/mol. The zero-order valence-electron chi connectivity index (χ0n) is 26.1. The van der Waals surface area contributed by atoms with Gasteiger partial charge in [0.25, 0.3) is 0 Å². The maximum absolute atomic E-state index is 13.6. The number of aromatic amines is 2. The van der Waals surface area contributed by atoms with E-state index >= 15 is 0 Å².